The highest BCUT2D eigenvalue weighted by atomic mass is 16.1. The van der Waals surface area contributed by atoms with E-state index in [0.29, 0.717) is 16.8 Å². The largest absolute Gasteiger partial charge is 0.399 e. The van der Waals surface area contributed by atoms with Gasteiger partial charge in [-0.3, -0.25) is 4.79 Å². The standard InChI is InChI=1S/C17H16N2O/c1-10-4-3-5-15-16(10)14(9-19-15)17(20)13-7-6-12(18)8-11(13)2/h3-9,19H,18H2,1-2H3. The molecule has 0 amide bonds. The zero-order valence-electron chi connectivity index (χ0n) is 11.5. The van der Waals surface area contributed by atoms with Crippen LogP contribution in [-0.2, 0) is 0 Å². The number of fused-ring (bicyclic) bond motifs is 1. The molecular formula is C17H16N2O. The Kier molecular flexibility index (Phi) is 2.83. The Morgan fingerprint density at radius 1 is 1.05 bits per heavy atom. The average Bonchev–Trinajstić information content (AvgIpc) is 2.83. The fourth-order valence-electron chi connectivity index (χ4n) is 2.63. The van der Waals surface area contributed by atoms with Gasteiger partial charge in [0.15, 0.2) is 5.78 Å². The van der Waals surface area contributed by atoms with E-state index in [0.717, 1.165) is 22.0 Å². The highest BCUT2D eigenvalue weighted by Gasteiger charge is 2.17. The lowest BCUT2D eigenvalue weighted by atomic mass is 9.97. The minimum absolute atomic E-state index is 0.0306. The predicted molar refractivity (Wildman–Crippen MR) is 82.1 cm³/mol. The van der Waals surface area contributed by atoms with Gasteiger partial charge < -0.3 is 10.7 Å². The maximum Gasteiger partial charge on any atom is 0.195 e. The Balaban J connectivity index is 2.18. The van der Waals surface area contributed by atoms with Crippen molar-refractivity contribution in [2.24, 2.45) is 0 Å². The summed E-state index contributed by atoms with van der Waals surface area (Å²) in [4.78, 5) is 15.9. The van der Waals surface area contributed by atoms with Crippen LogP contribution in [-0.4, -0.2) is 10.8 Å². The van der Waals surface area contributed by atoms with Crippen molar-refractivity contribution in [2.75, 3.05) is 5.73 Å². The summed E-state index contributed by atoms with van der Waals surface area (Å²) in [6.45, 7) is 3.92. The number of aromatic nitrogens is 1. The third-order valence-electron chi connectivity index (χ3n) is 3.65. The predicted octanol–water partition coefficient (Wildman–Crippen LogP) is 3.60. The van der Waals surface area contributed by atoms with E-state index in [1.54, 1.807) is 18.3 Å². The molecular weight excluding hydrogens is 248 g/mol. The van der Waals surface area contributed by atoms with Gasteiger partial charge in [-0.15, -0.1) is 0 Å². The van der Waals surface area contributed by atoms with Crippen LogP contribution in [0, 0.1) is 13.8 Å². The zero-order chi connectivity index (χ0) is 14.3. The first-order valence-electron chi connectivity index (χ1n) is 6.55. The molecule has 3 nitrogen and oxygen atoms in total. The van der Waals surface area contributed by atoms with Crippen molar-refractivity contribution in [3.8, 4) is 0 Å². The summed E-state index contributed by atoms with van der Waals surface area (Å²) >= 11 is 0. The molecule has 0 aliphatic rings. The van der Waals surface area contributed by atoms with Crippen LogP contribution in [0.25, 0.3) is 10.9 Å². The number of benzene rings is 2. The number of hydrogen-bond acceptors (Lipinski definition) is 2. The highest BCUT2D eigenvalue weighted by molar-refractivity contribution is 6.17. The van der Waals surface area contributed by atoms with Gasteiger partial charge in [0.25, 0.3) is 0 Å². The first-order chi connectivity index (χ1) is 9.58. The van der Waals surface area contributed by atoms with Crippen LogP contribution in [0.1, 0.15) is 27.0 Å². The molecule has 0 unspecified atom stereocenters. The number of carbonyl (C=O) groups excluding carboxylic acids is 1. The number of nitrogens with two attached hydrogens (primary N) is 1. The number of carbonyl (C=O) groups is 1. The Bertz CT molecular complexity index is 815. The molecule has 0 spiro atoms. The van der Waals surface area contributed by atoms with E-state index in [1.807, 2.05) is 38.1 Å². The molecule has 0 saturated carbocycles. The third-order valence-corrected chi connectivity index (χ3v) is 3.65. The molecule has 3 rings (SSSR count). The van der Waals surface area contributed by atoms with Gasteiger partial charge in [-0.25, -0.2) is 0 Å². The van der Waals surface area contributed by atoms with Crippen LogP contribution >= 0.6 is 0 Å². The first-order valence-corrected chi connectivity index (χ1v) is 6.55. The van der Waals surface area contributed by atoms with Crippen molar-refractivity contribution < 1.29 is 4.79 Å². The summed E-state index contributed by atoms with van der Waals surface area (Å²) in [5.74, 6) is 0.0306. The Hall–Kier alpha value is -2.55. The fraction of sp³-hybridized carbons (Fsp3) is 0.118. The Morgan fingerprint density at radius 3 is 2.60 bits per heavy atom. The molecule has 0 fully saturated rings. The van der Waals surface area contributed by atoms with E-state index < -0.39 is 0 Å². The van der Waals surface area contributed by atoms with Crippen molar-refractivity contribution in [1.29, 1.82) is 0 Å². The van der Waals surface area contributed by atoms with E-state index in [4.69, 9.17) is 5.73 Å². The summed E-state index contributed by atoms with van der Waals surface area (Å²) in [6.07, 6.45) is 1.79. The van der Waals surface area contributed by atoms with Gasteiger partial charge in [-0.1, -0.05) is 12.1 Å². The Labute approximate surface area is 117 Å². The molecule has 1 aromatic heterocycles. The number of H-pyrrole nitrogens is 1. The SMILES string of the molecule is Cc1cc(N)ccc1C(=O)c1c[nH]c2cccc(C)c12. The normalized spacial score (nSPS) is 10.9. The van der Waals surface area contributed by atoms with Crippen LogP contribution in [0.5, 0.6) is 0 Å². The van der Waals surface area contributed by atoms with Crippen molar-refractivity contribution in [3.05, 3.63) is 64.8 Å². The summed E-state index contributed by atoms with van der Waals surface area (Å²) in [7, 11) is 0. The van der Waals surface area contributed by atoms with Gasteiger partial charge in [-0.05, 0) is 49.2 Å². The van der Waals surface area contributed by atoms with Crippen LogP contribution < -0.4 is 5.73 Å². The maximum atomic E-state index is 12.7. The number of hydrogen-bond donors (Lipinski definition) is 2. The lowest BCUT2D eigenvalue weighted by molar-refractivity contribution is 0.103. The van der Waals surface area contributed by atoms with Crippen molar-refractivity contribution >= 4 is 22.4 Å². The van der Waals surface area contributed by atoms with E-state index in [-0.39, 0.29) is 5.78 Å². The molecule has 1 heterocycles. The van der Waals surface area contributed by atoms with Gasteiger partial charge in [0.1, 0.15) is 0 Å². The quantitative estimate of drug-likeness (QED) is 0.549. The van der Waals surface area contributed by atoms with Crippen LogP contribution in [0.3, 0.4) is 0 Å². The smallest absolute Gasteiger partial charge is 0.195 e. The Morgan fingerprint density at radius 2 is 1.85 bits per heavy atom. The molecule has 0 radical (unpaired) electrons. The number of rotatable bonds is 2. The molecule has 2 aromatic carbocycles. The lowest BCUT2D eigenvalue weighted by Gasteiger charge is -2.06. The van der Waals surface area contributed by atoms with Gasteiger partial charge in [-0.2, -0.15) is 0 Å². The minimum atomic E-state index is 0.0306. The monoisotopic (exact) mass is 264 g/mol. The van der Waals surface area contributed by atoms with E-state index in [1.165, 1.54) is 0 Å². The second kappa shape index (κ2) is 4.53. The molecule has 20 heavy (non-hydrogen) atoms. The summed E-state index contributed by atoms with van der Waals surface area (Å²) in [6, 6.07) is 11.4. The third kappa shape index (κ3) is 1.88. The highest BCUT2D eigenvalue weighted by Crippen LogP contribution is 2.25. The van der Waals surface area contributed by atoms with Crippen LogP contribution in [0.2, 0.25) is 0 Å². The number of aryl methyl sites for hydroxylation is 2. The molecule has 0 aliphatic heterocycles. The van der Waals surface area contributed by atoms with Crippen LogP contribution in [0.15, 0.2) is 42.6 Å². The number of ketones is 1. The van der Waals surface area contributed by atoms with Gasteiger partial charge in [0.05, 0.1) is 0 Å². The van der Waals surface area contributed by atoms with Crippen molar-refractivity contribution in [2.45, 2.75) is 13.8 Å². The van der Waals surface area contributed by atoms with Gasteiger partial charge >= 0.3 is 0 Å². The second-order valence-corrected chi connectivity index (χ2v) is 5.10. The fourth-order valence-corrected chi connectivity index (χ4v) is 2.63. The van der Waals surface area contributed by atoms with Crippen LogP contribution in [0.4, 0.5) is 5.69 Å². The van der Waals surface area contributed by atoms with E-state index >= 15 is 0 Å². The van der Waals surface area contributed by atoms with E-state index in [9.17, 15) is 4.79 Å². The van der Waals surface area contributed by atoms with Crippen molar-refractivity contribution in [3.63, 3.8) is 0 Å². The number of nitrogens with one attached hydrogen (secondary N) is 1. The topological polar surface area (TPSA) is 58.9 Å². The average molecular weight is 264 g/mol. The van der Waals surface area contributed by atoms with Crippen molar-refractivity contribution in [1.82, 2.24) is 4.98 Å². The molecule has 100 valence electrons. The van der Waals surface area contributed by atoms with E-state index in [2.05, 4.69) is 4.98 Å². The minimum Gasteiger partial charge on any atom is -0.399 e. The summed E-state index contributed by atoms with van der Waals surface area (Å²) in [5.41, 5.74) is 10.8. The number of nitrogen functional groups attached to an aromatic ring is 1. The summed E-state index contributed by atoms with van der Waals surface area (Å²) in [5, 5.41) is 0.994. The lowest BCUT2D eigenvalue weighted by Crippen LogP contribution is -2.04. The molecule has 0 bridgehead atoms. The zero-order valence-corrected chi connectivity index (χ0v) is 11.5. The first kappa shape index (κ1) is 12.5. The maximum absolute atomic E-state index is 12.7. The molecule has 0 aliphatic carbocycles. The van der Waals surface area contributed by atoms with Gasteiger partial charge in [0, 0.05) is 33.9 Å². The molecule has 3 aromatic rings. The van der Waals surface area contributed by atoms with Gasteiger partial charge in [0.2, 0.25) is 0 Å². The molecule has 0 atom stereocenters. The number of aromatic amines is 1. The summed E-state index contributed by atoms with van der Waals surface area (Å²) < 4.78 is 0. The molecule has 3 N–H and O–H groups in total. The number of anilines is 1. The molecule has 0 saturated heterocycles. The molecule has 3 heteroatoms. The second-order valence-electron chi connectivity index (χ2n) is 5.10.